The Labute approximate surface area is 126 Å². The van der Waals surface area contributed by atoms with E-state index in [1.54, 1.807) is 13.2 Å². The molecule has 0 unspecified atom stereocenters. The van der Waals surface area contributed by atoms with Crippen LogP contribution >= 0.6 is 11.6 Å². The fraction of sp³-hybridized carbons (Fsp3) is 0.571. The summed E-state index contributed by atoms with van der Waals surface area (Å²) in [5.41, 5.74) is 1.16. The lowest BCUT2D eigenvalue weighted by molar-refractivity contribution is 0.399. The van der Waals surface area contributed by atoms with Crippen LogP contribution in [-0.2, 0) is 6.42 Å². The molecule has 5 nitrogen and oxygen atoms in total. The highest BCUT2D eigenvalue weighted by Gasteiger charge is 1.98. The molecule has 1 rings (SSSR count). The molecule has 0 spiro atoms. The third kappa shape index (κ3) is 7.31. The normalized spacial score (nSPS) is 11.8. The number of nitrogens with one attached hydrogen (secondary N) is 2. The van der Waals surface area contributed by atoms with Crippen molar-refractivity contribution < 1.29 is 0 Å². The average Bonchev–Trinajstić information content (AvgIpc) is 2.43. The molecule has 0 aromatic carbocycles. The summed E-state index contributed by atoms with van der Waals surface area (Å²) in [5.74, 6) is 0.839. The Morgan fingerprint density at radius 1 is 1.30 bits per heavy atom. The third-order valence-electron chi connectivity index (χ3n) is 2.79. The van der Waals surface area contributed by atoms with Crippen molar-refractivity contribution in [2.24, 2.45) is 4.99 Å². The number of nitrogens with zero attached hydrogens (tertiary/aromatic N) is 3. The van der Waals surface area contributed by atoms with Crippen LogP contribution in [0.3, 0.4) is 0 Å². The molecular weight excluding hydrogens is 274 g/mol. The standard InChI is InChI=1S/C14H24ClN5/c1-16-14(17-8-4-10-20(2)3)18-9-7-12-5-6-13(15)19-11-12/h5-6,11H,4,7-10H2,1-3H3,(H2,16,17,18). The first kappa shape index (κ1) is 16.7. The number of pyridine rings is 1. The van der Waals surface area contributed by atoms with Crippen LogP contribution in [0.4, 0.5) is 0 Å². The minimum atomic E-state index is 0.528. The van der Waals surface area contributed by atoms with Crippen molar-refractivity contribution in [1.29, 1.82) is 0 Å². The Balaban J connectivity index is 2.19. The van der Waals surface area contributed by atoms with Gasteiger partial charge in [0.05, 0.1) is 0 Å². The Kier molecular flexibility index (Phi) is 7.99. The molecule has 0 saturated carbocycles. The second-order valence-electron chi connectivity index (χ2n) is 4.82. The zero-order valence-corrected chi connectivity index (χ0v) is 13.2. The summed E-state index contributed by atoms with van der Waals surface area (Å²) in [6.07, 6.45) is 3.79. The van der Waals surface area contributed by atoms with Gasteiger partial charge in [-0.25, -0.2) is 4.98 Å². The second-order valence-corrected chi connectivity index (χ2v) is 5.21. The van der Waals surface area contributed by atoms with Crippen molar-refractivity contribution in [1.82, 2.24) is 20.5 Å². The average molecular weight is 298 g/mol. The Morgan fingerprint density at radius 2 is 2.05 bits per heavy atom. The van der Waals surface area contributed by atoms with Gasteiger partial charge in [0.1, 0.15) is 5.15 Å². The number of aromatic nitrogens is 1. The van der Waals surface area contributed by atoms with Gasteiger partial charge < -0.3 is 15.5 Å². The molecule has 0 aliphatic rings. The SMILES string of the molecule is CN=C(NCCCN(C)C)NCCc1ccc(Cl)nc1. The number of hydrogen-bond donors (Lipinski definition) is 2. The molecule has 0 saturated heterocycles. The first-order valence-electron chi connectivity index (χ1n) is 6.81. The predicted molar refractivity (Wildman–Crippen MR) is 85.5 cm³/mol. The first-order valence-corrected chi connectivity index (χ1v) is 7.19. The van der Waals surface area contributed by atoms with Gasteiger partial charge in [0.2, 0.25) is 0 Å². The van der Waals surface area contributed by atoms with Crippen molar-refractivity contribution in [3.63, 3.8) is 0 Å². The highest BCUT2D eigenvalue weighted by atomic mass is 35.5. The fourth-order valence-electron chi connectivity index (χ4n) is 1.70. The minimum Gasteiger partial charge on any atom is -0.356 e. The molecule has 0 aliphatic heterocycles. The van der Waals surface area contributed by atoms with Crippen LogP contribution in [0.25, 0.3) is 0 Å². The topological polar surface area (TPSA) is 52.6 Å². The predicted octanol–water partition coefficient (Wildman–Crippen LogP) is 1.39. The van der Waals surface area contributed by atoms with E-state index < -0.39 is 0 Å². The van der Waals surface area contributed by atoms with Crippen molar-refractivity contribution in [3.8, 4) is 0 Å². The summed E-state index contributed by atoms with van der Waals surface area (Å²) in [6, 6.07) is 3.80. The monoisotopic (exact) mass is 297 g/mol. The highest BCUT2D eigenvalue weighted by Crippen LogP contribution is 2.05. The van der Waals surface area contributed by atoms with Gasteiger partial charge in [-0.2, -0.15) is 0 Å². The van der Waals surface area contributed by atoms with Crippen LogP contribution in [0.1, 0.15) is 12.0 Å². The molecule has 20 heavy (non-hydrogen) atoms. The van der Waals surface area contributed by atoms with Gasteiger partial charge >= 0.3 is 0 Å². The fourth-order valence-corrected chi connectivity index (χ4v) is 1.81. The molecule has 0 radical (unpaired) electrons. The maximum absolute atomic E-state index is 5.75. The number of guanidine groups is 1. The van der Waals surface area contributed by atoms with Gasteiger partial charge in [-0.15, -0.1) is 0 Å². The highest BCUT2D eigenvalue weighted by molar-refractivity contribution is 6.29. The molecule has 1 aromatic rings. The van der Waals surface area contributed by atoms with Crippen LogP contribution in [0.2, 0.25) is 5.15 Å². The number of rotatable bonds is 7. The largest absolute Gasteiger partial charge is 0.356 e. The zero-order chi connectivity index (χ0) is 14.8. The van der Waals surface area contributed by atoms with E-state index in [9.17, 15) is 0 Å². The molecule has 1 heterocycles. The van der Waals surface area contributed by atoms with Crippen LogP contribution in [0.5, 0.6) is 0 Å². The number of hydrogen-bond acceptors (Lipinski definition) is 3. The molecule has 2 N–H and O–H groups in total. The first-order chi connectivity index (χ1) is 9.61. The quantitative estimate of drug-likeness (QED) is 0.346. The molecule has 0 amide bonds. The second kappa shape index (κ2) is 9.55. The Hall–Kier alpha value is -1.33. The smallest absolute Gasteiger partial charge is 0.190 e. The van der Waals surface area contributed by atoms with Crippen LogP contribution in [-0.4, -0.2) is 56.6 Å². The Morgan fingerprint density at radius 3 is 2.65 bits per heavy atom. The zero-order valence-electron chi connectivity index (χ0n) is 12.5. The Bertz CT molecular complexity index is 403. The van der Waals surface area contributed by atoms with Gasteiger partial charge in [-0.1, -0.05) is 17.7 Å². The van der Waals surface area contributed by atoms with E-state index in [-0.39, 0.29) is 0 Å². The third-order valence-corrected chi connectivity index (χ3v) is 3.02. The lowest BCUT2D eigenvalue weighted by Gasteiger charge is -2.13. The van der Waals surface area contributed by atoms with Crippen molar-refractivity contribution in [3.05, 3.63) is 29.0 Å². The van der Waals surface area contributed by atoms with E-state index in [0.717, 1.165) is 44.0 Å². The number of aliphatic imine (C=N–C) groups is 1. The molecule has 1 aromatic heterocycles. The van der Waals surface area contributed by atoms with Gasteiger partial charge in [0, 0.05) is 26.3 Å². The molecule has 0 fully saturated rings. The maximum Gasteiger partial charge on any atom is 0.190 e. The van der Waals surface area contributed by atoms with Gasteiger partial charge in [0.15, 0.2) is 5.96 Å². The lowest BCUT2D eigenvalue weighted by atomic mass is 10.2. The number of halogens is 1. The molecule has 6 heteroatoms. The summed E-state index contributed by atoms with van der Waals surface area (Å²) < 4.78 is 0. The van der Waals surface area contributed by atoms with E-state index in [0.29, 0.717) is 5.15 Å². The van der Waals surface area contributed by atoms with E-state index in [1.165, 1.54) is 0 Å². The van der Waals surface area contributed by atoms with Crippen LogP contribution < -0.4 is 10.6 Å². The van der Waals surface area contributed by atoms with Crippen molar-refractivity contribution in [2.45, 2.75) is 12.8 Å². The summed E-state index contributed by atoms with van der Waals surface area (Å²) in [5, 5.41) is 7.11. The van der Waals surface area contributed by atoms with E-state index in [2.05, 4.69) is 39.6 Å². The summed E-state index contributed by atoms with van der Waals surface area (Å²) in [7, 11) is 5.94. The summed E-state index contributed by atoms with van der Waals surface area (Å²) in [4.78, 5) is 10.4. The van der Waals surface area contributed by atoms with Crippen molar-refractivity contribution in [2.75, 3.05) is 40.8 Å². The summed E-state index contributed by atoms with van der Waals surface area (Å²) in [6.45, 7) is 2.80. The molecule has 0 bridgehead atoms. The minimum absolute atomic E-state index is 0.528. The van der Waals surface area contributed by atoms with Crippen molar-refractivity contribution >= 4 is 17.6 Å². The van der Waals surface area contributed by atoms with Gasteiger partial charge in [-0.3, -0.25) is 4.99 Å². The maximum atomic E-state index is 5.75. The molecule has 0 atom stereocenters. The molecule has 112 valence electrons. The lowest BCUT2D eigenvalue weighted by Crippen LogP contribution is -2.39. The van der Waals surface area contributed by atoms with Crippen LogP contribution in [0, 0.1) is 0 Å². The van der Waals surface area contributed by atoms with E-state index in [1.807, 2.05) is 12.1 Å². The van der Waals surface area contributed by atoms with E-state index >= 15 is 0 Å². The molecular formula is C14H24ClN5. The van der Waals surface area contributed by atoms with Gasteiger partial charge in [0.25, 0.3) is 0 Å². The van der Waals surface area contributed by atoms with Gasteiger partial charge in [-0.05, 0) is 45.1 Å². The van der Waals surface area contributed by atoms with Crippen LogP contribution in [0.15, 0.2) is 23.3 Å². The summed E-state index contributed by atoms with van der Waals surface area (Å²) >= 11 is 5.75. The van der Waals surface area contributed by atoms with E-state index in [4.69, 9.17) is 11.6 Å². The molecule has 0 aliphatic carbocycles.